The monoisotopic (exact) mass is 347 g/mol. The van der Waals surface area contributed by atoms with Crippen molar-refractivity contribution in [1.29, 1.82) is 0 Å². The Morgan fingerprint density at radius 1 is 1.16 bits per heavy atom. The molecule has 19 heavy (non-hydrogen) atoms. The van der Waals surface area contributed by atoms with Crippen LogP contribution in [-0.2, 0) is 10.0 Å². The lowest BCUT2D eigenvalue weighted by molar-refractivity contribution is 0.454. The molecule has 0 unspecified atom stereocenters. The van der Waals surface area contributed by atoms with Gasteiger partial charge in [-0.2, -0.15) is 0 Å². The maximum absolute atomic E-state index is 12.5. The molecule has 0 amide bonds. The molecule has 3 nitrogen and oxygen atoms in total. The lowest BCUT2D eigenvalue weighted by Gasteiger charge is -2.18. The van der Waals surface area contributed by atoms with Gasteiger partial charge in [-0.25, -0.2) is 12.7 Å². The molecule has 108 valence electrons. The molecule has 0 spiro atoms. The average molecular weight is 348 g/mol. The van der Waals surface area contributed by atoms with E-state index < -0.39 is 10.0 Å². The summed E-state index contributed by atoms with van der Waals surface area (Å²) in [5.74, 6) is 0. The van der Waals surface area contributed by atoms with Gasteiger partial charge in [-0.1, -0.05) is 34.5 Å². The summed E-state index contributed by atoms with van der Waals surface area (Å²) in [5.41, 5.74) is 1.77. The highest BCUT2D eigenvalue weighted by Gasteiger charge is 2.22. The van der Waals surface area contributed by atoms with E-state index >= 15 is 0 Å². The Hall–Kier alpha value is -0.390. The Bertz CT molecular complexity index is 514. The van der Waals surface area contributed by atoms with Crippen LogP contribution in [0.1, 0.15) is 30.4 Å². The van der Waals surface area contributed by atoms with Crippen LogP contribution in [0.2, 0.25) is 0 Å². The highest BCUT2D eigenvalue weighted by molar-refractivity contribution is 9.09. The van der Waals surface area contributed by atoms with Gasteiger partial charge in [-0.3, -0.25) is 0 Å². The van der Waals surface area contributed by atoms with E-state index in [-0.39, 0.29) is 0 Å². The third-order valence-corrected chi connectivity index (χ3v) is 5.70. The molecule has 1 aromatic rings. The number of halogens is 1. The van der Waals surface area contributed by atoms with Gasteiger partial charge in [0.1, 0.15) is 0 Å². The van der Waals surface area contributed by atoms with Crippen LogP contribution in [0.4, 0.5) is 0 Å². The molecule has 0 aromatic heterocycles. The fourth-order valence-electron chi connectivity index (χ4n) is 1.88. The minimum absolute atomic E-state index is 0.426. The molecule has 0 saturated heterocycles. The van der Waals surface area contributed by atoms with E-state index in [1.165, 1.54) is 4.31 Å². The molecule has 1 rings (SSSR count). The van der Waals surface area contributed by atoms with Gasteiger partial charge < -0.3 is 0 Å². The second-order valence-electron chi connectivity index (χ2n) is 4.85. The van der Waals surface area contributed by atoms with Gasteiger partial charge in [0, 0.05) is 18.9 Å². The van der Waals surface area contributed by atoms with Gasteiger partial charge in [0.2, 0.25) is 10.0 Å². The minimum atomic E-state index is -3.36. The molecule has 0 atom stereocenters. The van der Waals surface area contributed by atoms with E-state index in [9.17, 15) is 8.42 Å². The summed E-state index contributed by atoms with van der Waals surface area (Å²) in [5, 5.41) is 0.973. The lowest BCUT2D eigenvalue weighted by atomic mass is 10.2. The van der Waals surface area contributed by atoms with Crippen molar-refractivity contribution in [3.05, 3.63) is 29.3 Å². The van der Waals surface area contributed by atoms with Crippen molar-refractivity contribution in [3.63, 3.8) is 0 Å². The van der Waals surface area contributed by atoms with Crippen molar-refractivity contribution < 1.29 is 8.42 Å². The quantitative estimate of drug-likeness (QED) is 0.559. The van der Waals surface area contributed by atoms with Gasteiger partial charge >= 0.3 is 0 Å². The van der Waals surface area contributed by atoms with E-state index in [1.54, 1.807) is 13.1 Å². The third-order valence-electron chi connectivity index (χ3n) is 3.14. The summed E-state index contributed by atoms with van der Waals surface area (Å²) in [6.45, 7) is 4.32. The van der Waals surface area contributed by atoms with E-state index in [1.807, 2.05) is 26.0 Å². The Morgan fingerprint density at radius 2 is 1.84 bits per heavy atom. The minimum Gasteiger partial charge on any atom is -0.207 e. The number of nitrogens with zero attached hydrogens (tertiary/aromatic N) is 1. The van der Waals surface area contributed by atoms with Crippen LogP contribution in [0.5, 0.6) is 0 Å². The summed E-state index contributed by atoms with van der Waals surface area (Å²) in [7, 11) is -1.70. The number of unbranched alkanes of at least 4 members (excludes halogenated alkanes) is 2. The number of aryl methyl sites for hydroxylation is 2. The number of alkyl halides is 1. The smallest absolute Gasteiger partial charge is 0.207 e. The average Bonchev–Trinajstić information content (AvgIpc) is 2.37. The van der Waals surface area contributed by atoms with Gasteiger partial charge in [0.15, 0.2) is 0 Å². The summed E-state index contributed by atoms with van der Waals surface area (Å²) in [4.78, 5) is 0.426. The van der Waals surface area contributed by atoms with E-state index in [0.717, 1.165) is 35.7 Å². The van der Waals surface area contributed by atoms with Crippen LogP contribution in [0.25, 0.3) is 0 Å². The molecule has 0 saturated carbocycles. The zero-order chi connectivity index (χ0) is 14.5. The number of benzene rings is 1. The molecular weight excluding hydrogens is 326 g/mol. The molecule has 0 radical (unpaired) electrons. The van der Waals surface area contributed by atoms with Gasteiger partial charge in [0.25, 0.3) is 0 Å². The maximum atomic E-state index is 12.5. The Morgan fingerprint density at radius 3 is 2.47 bits per heavy atom. The predicted molar refractivity (Wildman–Crippen MR) is 83.4 cm³/mol. The molecule has 0 aliphatic heterocycles. The number of hydrogen-bond donors (Lipinski definition) is 0. The maximum Gasteiger partial charge on any atom is 0.243 e. The Kier molecular flexibility index (Phi) is 6.50. The molecule has 0 aliphatic rings. The number of rotatable bonds is 7. The number of hydrogen-bond acceptors (Lipinski definition) is 2. The molecule has 0 fully saturated rings. The second-order valence-corrected chi connectivity index (χ2v) is 7.65. The van der Waals surface area contributed by atoms with Crippen molar-refractivity contribution in [2.24, 2.45) is 0 Å². The first-order valence-electron chi connectivity index (χ1n) is 6.49. The summed E-state index contributed by atoms with van der Waals surface area (Å²) >= 11 is 3.38. The van der Waals surface area contributed by atoms with E-state index in [4.69, 9.17) is 0 Å². The van der Waals surface area contributed by atoms with Crippen LogP contribution in [0.15, 0.2) is 23.1 Å². The second kappa shape index (κ2) is 7.41. The van der Waals surface area contributed by atoms with Crippen LogP contribution in [0.3, 0.4) is 0 Å². The van der Waals surface area contributed by atoms with Gasteiger partial charge in [-0.15, -0.1) is 0 Å². The van der Waals surface area contributed by atoms with E-state index in [0.29, 0.717) is 11.4 Å². The van der Waals surface area contributed by atoms with Gasteiger partial charge in [0.05, 0.1) is 4.90 Å². The first-order valence-corrected chi connectivity index (χ1v) is 9.05. The SMILES string of the molecule is Cc1ccc(C)c(S(=O)(=O)N(C)CCCCCBr)c1. The molecule has 0 aliphatic carbocycles. The van der Waals surface area contributed by atoms with Crippen LogP contribution in [0, 0.1) is 13.8 Å². The first kappa shape index (κ1) is 16.7. The van der Waals surface area contributed by atoms with Crippen molar-refractivity contribution in [2.45, 2.75) is 38.0 Å². The third kappa shape index (κ3) is 4.58. The number of sulfonamides is 1. The summed E-state index contributed by atoms with van der Waals surface area (Å²) in [6, 6.07) is 5.55. The highest BCUT2D eigenvalue weighted by Crippen LogP contribution is 2.20. The standard InChI is InChI=1S/C14H22BrNO2S/c1-12-7-8-13(2)14(11-12)19(17,18)16(3)10-6-4-5-9-15/h7-8,11H,4-6,9-10H2,1-3H3. The molecule has 5 heteroatoms. The van der Waals surface area contributed by atoms with Crippen molar-refractivity contribution in [2.75, 3.05) is 18.9 Å². The molecule has 0 heterocycles. The fraction of sp³-hybridized carbons (Fsp3) is 0.571. The molecule has 0 bridgehead atoms. The molecular formula is C14H22BrNO2S. The normalized spacial score (nSPS) is 12.1. The van der Waals surface area contributed by atoms with Crippen LogP contribution < -0.4 is 0 Å². The summed E-state index contributed by atoms with van der Waals surface area (Å²) < 4.78 is 26.4. The zero-order valence-electron chi connectivity index (χ0n) is 11.8. The first-order chi connectivity index (χ1) is 8.89. The van der Waals surface area contributed by atoms with Crippen molar-refractivity contribution in [3.8, 4) is 0 Å². The lowest BCUT2D eigenvalue weighted by Crippen LogP contribution is -2.28. The summed E-state index contributed by atoms with van der Waals surface area (Å²) in [6.07, 6.45) is 3.02. The fourth-order valence-corrected chi connectivity index (χ4v) is 3.79. The predicted octanol–water partition coefficient (Wildman–Crippen LogP) is 3.49. The zero-order valence-corrected chi connectivity index (χ0v) is 14.2. The molecule has 1 aromatic carbocycles. The topological polar surface area (TPSA) is 37.4 Å². The van der Waals surface area contributed by atoms with Crippen LogP contribution >= 0.6 is 15.9 Å². The van der Waals surface area contributed by atoms with Crippen molar-refractivity contribution >= 4 is 26.0 Å². The van der Waals surface area contributed by atoms with Crippen LogP contribution in [-0.4, -0.2) is 31.6 Å². The highest BCUT2D eigenvalue weighted by atomic mass is 79.9. The largest absolute Gasteiger partial charge is 0.243 e. The van der Waals surface area contributed by atoms with Crippen molar-refractivity contribution in [1.82, 2.24) is 4.31 Å². The Balaban J connectivity index is 2.82. The Labute approximate surface area is 125 Å². The van der Waals surface area contributed by atoms with Gasteiger partial charge in [-0.05, 0) is 43.9 Å². The molecule has 0 N–H and O–H groups in total. The van der Waals surface area contributed by atoms with E-state index in [2.05, 4.69) is 15.9 Å².